The number of guanidine groups is 1. The Balaban J connectivity index is 2.50. The van der Waals surface area contributed by atoms with Crippen LogP contribution < -0.4 is 10.6 Å². The number of aliphatic imine (C=N–C) groups is 1. The van der Waals surface area contributed by atoms with E-state index in [9.17, 15) is 13.2 Å². The minimum Gasteiger partial charge on any atom is -0.367 e. The van der Waals surface area contributed by atoms with Gasteiger partial charge >= 0.3 is 6.18 Å². The van der Waals surface area contributed by atoms with Crippen LogP contribution in [0.4, 0.5) is 13.2 Å². The van der Waals surface area contributed by atoms with Crippen LogP contribution in [-0.4, -0.2) is 31.8 Å². The molecule has 0 fully saturated rings. The third-order valence-corrected chi connectivity index (χ3v) is 3.20. The number of benzene rings is 1. The van der Waals surface area contributed by atoms with E-state index in [0.29, 0.717) is 24.1 Å². The molecule has 23 heavy (non-hydrogen) atoms. The summed E-state index contributed by atoms with van der Waals surface area (Å²) in [6.45, 7) is 3.37. The number of halogens is 3. The van der Waals surface area contributed by atoms with E-state index in [1.165, 1.54) is 0 Å². The van der Waals surface area contributed by atoms with E-state index in [0.717, 1.165) is 12.0 Å². The minimum absolute atomic E-state index is 0.0623. The van der Waals surface area contributed by atoms with Gasteiger partial charge in [0.15, 0.2) is 5.96 Å². The van der Waals surface area contributed by atoms with Crippen molar-refractivity contribution in [1.82, 2.24) is 10.6 Å². The van der Waals surface area contributed by atoms with Gasteiger partial charge in [0.05, 0.1) is 6.61 Å². The van der Waals surface area contributed by atoms with Crippen molar-refractivity contribution >= 4 is 5.96 Å². The molecule has 1 atom stereocenters. The number of hydrogen-bond acceptors (Lipinski definition) is 2. The third-order valence-electron chi connectivity index (χ3n) is 3.20. The first-order valence-corrected chi connectivity index (χ1v) is 7.53. The number of nitrogens with zero attached hydrogens (tertiary/aromatic N) is 1. The Morgan fingerprint density at radius 2 is 2.00 bits per heavy atom. The maximum Gasteiger partial charge on any atom is 0.411 e. The molecule has 0 radical (unpaired) electrons. The van der Waals surface area contributed by atoms with Gasteiger partial charge in [-0.1, -0.05) is 31.2 Å². The minimum atomic E-state index is -4.30. The van der Waals surface area contributed by atoms with E-state index in [1.807, 2.05) is 12.1 Å². The number of rotatable bonds is 7. The number of ether oxygens (including phenoxy) is 1. The van der Waals surface area contributed by atoms with E-state index in [4.69, 9.17) is 0 Å². The average Bonchev–Trinajstić information content (AvgIpc) is 2.50. The van der Waals surface area contributed by atoms with Gasteiger partial charge in [-0.15, -0.1) is 0 Å². The molecule has 0 heterocycles. The summed E-state index contributed by atoms with van der Waals surface area (Å²) in [4.78, 5) is 4.13. The molecular formula is C16H24F3N3O. The van der Waals surface area contributed by atoms with Crippen molar-refractivity contribution < 1.29 is 17.9 Å². The van der Waals surface area contributed by atoms with Gasteiger partial charge in [-0.2, -0.15) is 13.2 Å². The molecule has 0 aliphatic heterocycles. The molecule has 2 N–H and O–H groups in total. The summed E-state index contributed by atoms with van der Waals surface area (Å²) in [5, 5.41) is 6.42. The van der Waals surface area contributed by atoms with Crippen LogP contribution in [0.25, 0.3) is 0 Å². The summed E-state index contributed by atoms with van der Waals surface area (Å²) >= 11 is 0. The van der Waals surface area contributed by atoms with Crippen molar-refractivity contribution in [3.05, 3.63) is 35.4 Å². The summed E-state index contributed by atoms with van der Waals surface area (Å²) in [5.41, 5.74) is 1.66. The van der Waals surface area contributed by atoms with Crippen LogP contribution >= 0.6 is 0 Å². The smallest absolute Gasteiger partial charge is 0.367 e. The summed E-state index contributed by atoms with van der Waals surface area (Å²) in [6, 6.07) is 7.57. The fraction of sp³-hybridized carbons (Fsp3) is 0.562. The van der Waals surface area contributed by atoms with Crippen LogP contribution in [0.5, 0.6) is 0 Å². The molecule has 130 valence electrons. The van der Waals surface area contributed by atoms with E-state index in [2.05, 4.69) is 34.2 Å². The second kappa shape index (κ2) is 9.39. The highest BCUT2D eigenvalue weighted by Gasteiger charge is 2.27. The molecular weight excluding hydrogens is 307 g/mol. The predicted octanol–water partition coefficient (Wildman–Crippen LogP) is 3.23. The second-order valence-electron chi connectivity index (χ2n) is 5.31. The summed E-state index contributed by atoms with van der Waals surface area (Å²) in [5.74, 6) is 0.693. The zero-order chi connectivity index (χ0) is 17.3. The topological polar surface area (TPSA) is 45.7 Å². The lowest BCUT2D eigenvalue weighted by Crippen LogP contribution is -2.41. The summed E-state index contributed by atoms with van der Waals surface area (Å²) < 4.78 is 40.9. The Kier molecular flexibility index (Phi) is 7.88. The molecule has 0 aliphatic carbocycles. The van der Waals surface area contributed by atoms with Gasteiger partial charge in [0.2, 0.25) is 0 Å². The fourth-order valence-corrected chi connectivity index (χ4v) is 1.83. The van der Waals surface area contributed by atoms with Gasteiger partial charge in [-0.25, -0.2) is 0 Å². The van der Waals surface area contributed by atoms with E-state index < -0.39 is 12.8 Å². The van der Waals surface area contributed by atoms with Gasteiger partial charge in [0.25, 0.3) is 0 Å². The summed E-state index contributed by atoms with van der Waals surface area (Å²) in [7, 11) is 1.69. The molecule has 7 heteroatoms. The molecule has 1 rings (SSSR count). The molecule has 0 aromatic heterocycles. The molecule has 0 spiro atoms. The molecule has 4 nitrogen and oxygen atoms in total. The van der Waals surface area contributed by atoms with Crippen molar-refractivity contribution in [2.24, 2.45) is 4.99 Å². The molecule has 1 aromatic carbocycles. The third kappa shape index (κ3) is 8.44. The van der Waals surface area contributed by atoms with Crippen LogP contribution in [0.15, 0.2) is 29.3 Å². The van der Waals surface area contributed by atoms with Gasteiger partial charge in [-0.05, 0) is 24.5 Å². The number of hydrogen-bond donors (Lipinski definition) is 2. The predicted molar refractivity (Wildman–Crippen MR) is 85.2 cm³/mol. The molecule has 0 saturated heterocycles. The van der Waals surface area contributed by atoms with Crippen LogP contribution in [0.3, 0.4) is 0 Å². The lowest BCUT2D eigenvalue weighted by molar-refractivity contribution is -0.176. The maximum absolute atomic E-state index is 12.1. The molecule has 1 unspecified atom stereocenters. The quantitative estimate of drug-likeness (QED) is 0.596. The largest absolute Gasteiger partial charge is 0.411 e. The lowest BCUT2D eigenvalue weighted by Gasteiger charge is -2.16. The normalized spacial score (nSPS) is 13.7. The second-order valence-corrected chi connectivity index (χ2v) is 5.31. The Morgan fingerprint density at radius 1 is 1.30 bits per heavy atom. The van der Waals surface area contributed by atoms with Gasteiger partial charge in [0, 0.05) is 19.6 Å². The number of alkyl halides is 3. The summed E-state index contributed by atoms with van der Waals surface area (Å²) in [6.07, 6.45) is -3.32. The fourth-order valence-electron chi connectivity index (χ4n) is 1.83. The highest BCUT2D eigenvalue weighted by molar-refractivity contribution is 5.79. The molecule has 0 aliphatic rings. The highest BCUT2D eigenvalue weighted by Crippen LogP contribution is 2.16. The first-order valence-electron chi connectivity index (χ1n) is 7.53. The highest BCUT2D eigenvalue weighted by atomic mass is 19.4. The van der Waals surface area contributed by atoms with Crippen LogP contribution in [0.1, 0.15) is 31.4 Å². The molecule has 0 bridgehead atoms. The van der Waals surface area contributed by atoms with Gasteiger partial charge in [-0.3, -0.25) is 4.99 Å². The molecule has 0 amide bonds. The Labute approximate surface area is 135 Å². The van der Waals surface area contributed by atoms with Crippen molar-refractivity contribution in [3.8, 4) is 0 Å². The number of nitrogens with one attached hydrogen (secondary N) is 2. The molecule has 0 saturated carbocycles. The van der Waals surface area contributed by atoms with Crippen LogP contribution in [0.2, 0.25) is 0 Å². The van der Waals surface area contributed by atoms with Crippen molar-refractivity contribution in [1.29, 1.82) is 0 Å². The zero-order valence-corrected chi connectivity index (χ0v) is 13.7. The van der Waals surface area contributed by atoms with E-state index in [-0.39, 0.29) is 6.61 Å². The molecule has 1 aromatic rings. The zero-order valence-electron chi connectivity index (χ0n) is 13.7. The lowest BCUT2D eigenvalue weighted by atomic mass is 10.1. The van der Waals surface area contributed by atoms with E-state index in [1.54, 1.807) is 19.2 Å². The first kappa shape index (κ1) is 19.3. The van der Waals surface area contributed by atoms with Gasteiger partial charge in [0.1, 0.15) is 6.61 Å². The Hall–Kier alpha value is -1.76. The van der Waals surface area contributed by atoms with Crippen LogP contribution in [0, 0.1) is 0 Å². The SMILES string of the molecule is CCC(C)NC(=NC)NCc1cccc(COCC(F)(F)F)c1. The van der Waals surface area contributed by atoms with Crippen molar-refractivity contribution in [2.75, 3.05) is 13.7 Å². The Bertz CT molecular complexity index is 504. The average molecular weight is 331 g/mol. The van der Waals surface area contributed by atoms with Crippen molar-refractivity contribution in [2.45, 2.75) is 45.6 Å². The van der Waals surface area contributed by atoms with Crippen molar-refractivity contribution in [3.63, 3.8) is 0 Å². The van der Waals surface area contributed by atoms with Gasteiger partial charge < -0.3 is 15.4 Å². The standard InChI is InChI=1S/C16H24F3N3O/c1-4-12(2)22-15(20-3)21-9-13-6-5-7-14(8-13)10-23-11-16(17,18)19/h5-8,12H,4,9-11H2,1-3H3,(H2,20,21,22). The first-order chi connectivity index (χ1) is 10.8. The van der Waals surface area contributed by atoms with E-state index >= 15 is 0 Å². The Morgan fingerprint density at radius 3 is 2.61 bits per heavy atom. The monoisotopic (exact) mass is 331 g/mol. The van der Waals surface area contributed by atoms with Crippen LogP contribution in [-0.2, 0) is 17.9 Å². The maximum atomic E-state index is 12.1.